The van der Waals surface area contributed by atoms with Gasteiger partial charge in [-0.3, -0.25) is 9.59 Å². The van der Waals surface area contributed by atoms with Crippen LogP contribution in [0.5, 0.6) is 0 Å². The molecule has 1 aromatic rings. The van der Waals surface area contributed by atoms with Crippen LogP contribution in [0.15, 0.2) is 29.2 Å². The van der Waals surface area contributed by atoms with Crippen molar-refractivity contribution in [2.45, 2.75) is 24.7 Å². The second-order valence-electron chi connectivity index (χ2n) is 6.44. The number of carbonyl (C=O) groups is 2. The average molecular weight is 403 g/mol. The zero-order chi connectivity index (χ0) is 19.3. The van der Waals surface area contributed by atoms with Gasteiger partial charge in [-0.25, -0.2) is 8.42 Å². The van der Waals surface area contributed by atoms with Crippen LogP contribution in [-0.4, -0.2) is 62.8 Å². The van der Waals surface area contributed by atoms with Crippen molar-refractivity contribution in [1.29, 1.82) is 0 Å². The third-order valence-electron chi connectivity index (χ3n) is 4.37. The monoisotopic (exact) mass is 402 g/mol. The zero-order valence-electron chi connectivity index (χ0n) is 14.9. The molecule has 2 rings (SSSR count). The van der Waals surface area contributed by atoms with Gasteiger partial charge in [0.05, 0.1) is 4.90 Å². The van der Waals surface area contributed by atoms with E-state index in [2.05, 4.69) is 6.92 Å². The van der Waals surface area contributed by atoms with Crippen LogP contribution in [0, 0.1) is 5.92 Å². The van der Waals surface area contributed by atoms with E-state index in [1.165, 1.54) is 31.3 Å². The predicted molar refractivity (Wildman–Crippen MR) is 97.2 cm³/mol. The van der Waals surface area contributed by atoms with Crippen molar-refractivity contribution in [2.75, 3.05) is 33.3 Å². The Morgan fingerprint density at radius 3 is 2.38 bits per heavy atom. The number of ether oxygens (including phenoxy) is 1. The number of amides is 1. The number of sulfonamides is 1. The molecule has 144 valence electrons. The van der Waals surface area contributed by atoms with Crippen LogP contribution in [0.4, 0.5) is 0 Å². The molecule has 1 aliphatic heterocycles. The van der Waals surface area contributed by atoms with Gasteiger partial charge in [0, 0.05) is 25.2 Å². The Labute approximate surface area is 158 Å². The summed E-state index contributed by atoms with van der Waals surface area (Å²) in [5.74, 6) is -0.439. The molecule has 1 aromatic carbocycles. The first-order chi connectivity index (χ1) is 12.2. The van der Waals surface area contributed by atoms with Gasteiger partial charge in [0.15, 0.2) is 6.61 Å². The van der Waals surface area contributed by atoms with Crippen LogP contribution in [-0.2, 0) is 24.3 Å². The Kier molecular flexibility index (Phi) is 7.02. The van der Waals surface area contributed by atoms with Crippen LogP contribution in [0.2, 0.25) is 5.02 Å². The van der Waals surface area contributed by atoms with Crippen molar-refractivity contribution in [3.8, 4) is 0 Å². The van der Waals surface area contributed by atoms with Gasteiger partial charge >= 0.3 is 5.97 Å². The Hall–Kier alpha value is -1.64. The number of nitrogens with zero attached hydrogens (tertiary/aromatic N) is 2. The minimum Gasteiger partial charge on any atom is -0.455 e. The number of likely N-dealkylation sites (tertiary alicyclic amines) is 1. The molecule has 0 bridgehead atoms. The summed E-state index contributed by atoms with van der Waals surface area (Å²) in [5, 5.41) is 0.414. The highest BCUT2D eigenvalue weighted by Gasteiger charge is 2.25. The highest BCUT2D eigenvalue weighted by Crippen LogP contribution is 2.18. The third-order valence-corrected chi connectivity index (χ3v) is 6.44. The number of piperidine rings is 1. The fourth-order valence-corrected chi connectivity index (χ4v) is 3.83. The molecule has 1 fully saturated rings. The largest absolute Gasteiger partial charge is 0.455 e. The smallest absolute Gasteiger partial charge is 0.321 e. The summed E-state index contributed by atoms with van der Waals surface area (Å²) in [4.78, 5) is 25.6. The number of rotatable bonds is 6. The molecule has 0 spiro atoms. The Morgan fingerprint density at radius 2 is 1.81 bits per heavy atom. The maximum atomic E-state index is 12.4. The van der Waals surface area contributed by atoms with Crippen LogP contribution in [0.3, 0.4) is 0 Å². The molecular formula is C17H23ClN2O5S. The Morgan fingerprint density at radius 1 is 1.23 bits per heavy atom. The number of halogens is 1. The van der Waals surface area contributed by atoms with E-state index in [1.807, 2.05) is 0 Å². The molecule has 1 aliphatic rings. The molecule has 0 aromatic heterocycles. The predicted octanol–water partition coefficient (Wildman–Crippen LogP) is 1.76. The number of carbonyl (C=O) groups excluding carboxylic acids is 2. The molecule has 1 saturated heterocycles. The summed E-state index contributed by atoms with van der Waals surface area (Å²) in [6.45, 7) is 2.60. The fraction of sp³-hybridized carbons (Fsp3) is 0.529. The lowest BCUT2D eigenvalue weighted by atomic mass is 9.99. The van der Waals surface area contributed by atoms with Crippen LogP contribution >= 0.6 is 11.6 Å². The van der Waals surface area contributed by atoms with Gasteiger partial charge in [0.25, 0.3) is 5.91 Å². The van der Waals surface area contributed by atoms with E-state index in [9.17, 15) is 18.0 Å². The molecule has 0 unspecified atom stereocenters. The van der Waals surface area contributed by atoms with Crippen molar-refractivity contribution < 1.29 is 22.7 Å². The maximum absolute atomic E-state index is 12.4. The van der Waals surface area contributed by atoms with Gasteiger partial charge in [0.1, 0.15) is 6.54 Å². The van der Waals surface area contributed by atoms with E-state index in [1.54, 1.807) is 4.90 Å². The van der Waals surface area contributed by atoms with Crippen molar-refractivity contribution in [3.05, 3.63) is 29.3 Å². The van der Waals surface area contributed by atoms with E-state index < -0.39 is 22.5 Å². The second-order valence-corrected chi connectivity index (χ2v) is 8.92. The summed E-state index contributed by atoms with van der Waals surface area (Å²) in [7, 11) is -2.56. The van der Waals surface area contributed by atoms with E-state index in [4.69, 9.17) is 16.3 Å². The molecule has 0 N–H and O–H groups in total. The molecule has 0 atom stereocenters. The molecule has 7 nitrogen and oxygen atoms in total. The molecule has 26 heavy (non-hydrogen) atoms. The normalized spacial score (nSPS) is 15.9. The average Bonchev–Trinajstić information content (AvgIpc) is 2.60. The molecule has 1 heterocycles. The summed E-state index contributed by atoms with van der Waals surface area (Å²) < 4.78 is 30.6. The Balaban J connectivity index is 1.84. The van der Waals surface area contributed by atoms with Crippen LogP contribution < -0.4 is 0 Å². The SMILES string of the molecule is CC1CCN(C(=O)COC(=O)CN(C)S(=O)(=O)c2ccc(Cl)cc2)CC1. The highest BCUT2D eigenvalue weighted by molar-refractivity contribution is 7.89. The van der Waals surface area contributed by atoms with Gasteiger partial charge in [-0.15, -0.1) is 0 Å². The lowest BCUT2D eigenvalue weighted by Crippen LogP contribution is -2.41. The maximum Gasteiger partial charge on any atom is 0.321 e. The minimum absolute atomic E-state index is 0.0238. The number of hydrogen-bond donors (Lipinski definition) is 0. The van der Waals surface area contributed by atoms with Crippen molar-refractivity contribution in [1.82, 2.24) is 9.21 Å². The van der Waals surface area contributed by atoms with Gasteiger partial charge in [-0.2, -0.15) is 4.31 Å². The van der Waals surface area contributed by atoms with Crippen molar-refractivity contribution in [2.24, 2.45) is 5.92 Å². The molecule has 0 saturated carbocycles. The summed E-state index contributed by atoms with van der Waals surface area (Å²) in [5.41, 5.74) is 0. The van der Waals surface area contributed by atoms with Crippen molar-refractivity contribution >= 4 is 33.5 Å². The first kappa shape index (κ1) is 20.7. The van der Waals surface area contributed by atoms with Gasteiger partial charge in [-0.1, -0.05) is 18.5 Å². The summed E-state index contributed by atoms with van der Waals surface area (Å²) >= 11 is 5.75. The number of esters is 1. The quantitative estimate of drug-likeness (QED) is 0.677. The molecular weight excluding hydrogens is 380 g/mol. The highest BCUT2D eigenvalue weighted by atomic mass is 35.5. The first-order valence-corrected chi connectivity index (χ1v) is 10.2. The second kappa shape index (κ2) is 8.83. The summed E-state index contributed by atoms with van der Waals surface area (Å²) in [6.07, 6.45) is 1.86. The molecule has 9 heteroatoms. The van der Waals surface area contributed by atoms with Crippen LogP contribution in [0.25, 0.3) is 0 Å². The molecule has 0 aliphatic carbocycles. The topological polar surface area (TPSA) is 84.0 Å². The van der Waals surface area contributed by atoms with E-state index in [0.29, 0.717) is 24.0 Å². The van der Waals surface area contributed by atoms with E-state index in [-0.39, 0.29) is 17.4 Å². The standard InChI is InChI=1S/C17H23ClN2O5S/c1-13-7-9-20(10-8-13)16(21)12-25-17(22)11-19(2)26(23,24)15-5-3-14(18)4-6-15/h3-6,13H,7-12H2,1-2H3. The number of benzene rings is 1. The van der Waals surface area contributed by atoms with Gasteiger partial charge in [0.2, 0.25) is 10.0 Å². The van der Waals surface area contributed by atoms with E-state index in [0.717, 1.165) is 17.1 Å². The number of hydrogen-bond acceptors (Lipinski definition) is 5. The Bertz CT molecular complexity index is 743. The summed E-state index contributed by atoms with van der Waals surface area (Å²) in [6, 6.07) is 5.64. The zero-order valence-corrected chi connectivity index (χ0v) is 16.4. The molecule has 0 radical (unpaired) electrons. The van der Waals surface area contributed by atoms with Gasteiger partial charge in [-0.05, 0) is 43.0 Å². The minimum atomic E-state index is -3.84. The molecule has 1 amide bonds. The van der Waals surface area contributed by atoms with Gasteiger partial charge < -0.3 is 9.64 Å². The first-order valence-electron chi connectivity index (χ1n) is 8.35. The fourth-order valence-electron chi connectivity index (χ4n) is 2.59. The van der Waals surface area contributed by atoms with Crippen LogP contribution in [0.1, 0.15) is 19.8 Å². The lowest BCUT2D eigenvalue weighted by molar-refractivity contribution is -0.152. The lowest BCUT2D eigenvalue weighted by Gasteiger charge is -2.30. The van der Waals surface area contributed by atoms with E-state index >= 15 is 0 Å². The third kappa shape index (κ3) is 5.43. The van der Waals surface area contributed by atoms with Crippen molar-refractivity contribution in [3.63, 3.8) is 0 Å². The number of likely N-dealkylation sites (N-methyl/N-ethyl adjacent to an activating group) is 1.